The molecule has 0 aliphatic heterocycles. The normalized spacial score (nSPS) is 11.8. The van der Waals surface area contributed by atoms with E-state index in [2.05, 4.69) is 15.4 Å². The van der Waals surface area contributed by atoms with E-state index in [-0.39, 0.29) is 0 Å². The molecular weight excluding hydrogens is 240 g/mol. The van der Waals surface area contributed by atoms with Crippen molar-refractivity contribution in [3.05, 3.63) is 36.3 Å². The van der Waals surface area contributed by atoms with E-state index in [1.807, 2.05) is 25.4 Å². The van der Waals surface area contributed by atoms with Gasteiger partial charge < -0.3 is 10.4 Å². The van der Waals surface area contributed by atoms with Crippen LogP contribution in [0.5, 0.6) is 0 Å². The molecule has 0 aromatic carbocycles. The molecule has 2 aromatic heterocycles. The van der Waals surface area contributed by atoms with Gasteiger partial charge in [-0.3, -0.25) is 9.67 Å². The predicted octanol–water partition coefficient (Wildman–Crippen LogP) is 1.34. The highest BCUT2D eigenvalue weighted by Gasteiger charge is 2.13. The number of nitrogens with one attached hydrogen (secondary N) is 1. The van der Waals surface area contributed by atoms with Gasteiger partial charge in [0.1, 0.15) is 0 Å². The summed E-state index contributed by atoms with van der Waals surface area (Å²) >= 11 is 0. The minimum absolute atomic E-state index is 0.539. The quantitative estimate of drug-likeness (QED) is 0.851. The fourth-order valence-electron chi connectivity index (χ4n) is 1.92. The molecule has 0 saturated carbocycles. The van der Waals surface area contributed by atoms with Crippen molar-refractivity contribution in [3.8, 4) is 11.3 Å². The molecule has 2 N–H and O–H groups in total. The Hall–Kier alpha value is -1.72. The number of aryl methyl sites for hydroxylation is 1. The van der Waals surface area contributed by atoms with Crippen LogP contribution >= 0.6 is 0 Å². The van der Waals surface area contributed by atoms with Crippen LogP contribution in [0.25, 0.3) is 11.3 Å². The van der Waals surface area contributed by atoms with E-state index in [1.165, 1.54) is 0 Å². The van der Waals surface area contributed by atoms with Gasteiger partial charge in [0.15, 0.2) is 0 Å². The summed E-state index contributed by atoms with van der Waals surface area (Å²) in [6, 6.07) is 3.89. The summed E-state index contributed by atoms with van der Waals surface area (Å²) in [7, 11) is 1.91. The van der Waals surface area contributed by atoms with E-state index >= 15 is 0 Å². The maximum Gasteiger partial charge on any atom is 0.0969 e. The van der Waals surface area contributed by atoms with Gasteiger partial charge in [-0.05, 0) is 26.0 Å². The lowest BCUT2D eigenvalue weighted by Crippen LogP contribution is -2.34. The van der Waals surface area contributed by atoms with Gasteiger partial charge in [-0.25, -0.2) is 0 Å². The van der Waals surface area contributed by atoms with E-state index in [0.717, 1.165) is 16.8 Å². The van der Waals surface area contributed by atoms with Crippen molar-refractivity contribution >= 4 is 0 Å². The molecule has 0 saturated heterocycles. The van der Waals surface area contributed by atoms with Crippen molar-refractivity contribution in [2.24, 2.45) is 7.05 Å². The number of pyridine rings is 1. The van der Waals surface area contributed by atoms with Crippen molar-refractivity contribution in [1.82, 2.24) is 20.1 Å². The molecule has 0 spiro atoms. The van der Waals surface area contributed by atoms with Gasteiger partial charge >= 0.3 is 0 Å². The van der Waals surface area contributed by atoms with Crippen LogP contribution in [0, 0.1) is 0 Å². The summed E-state index contributed by atoms with van der Waals surface area (Å²) in [5.74, 6) is 0. The summed E-state index contributed by atoms with van der Waals surface area (Å²) < 4.78 is 1.80. The van der Waals surface area contributed by atoms with Gasteiger partial charge in [-0.15, -0.1) is 0 Å². The van der Waals surface area contributed by atoms with Crippen molar-refractivity contribution in [2.45, 2.75) is 26.0 Å². The number of aliphatic hydroxyl groups is 1. The first-order chi connectivity index (χ1) is 8.96. The minimum atomic E-state index is -0.709. The molecule has 0 atom stereocenters. The number of hydrogen-bond donors (Lipinski definition) is 2. The summed E-state index contributed by atoms with van der Waals surface area (Å²) in [4.78, 5) is 4.02. The summed E-state index contributed by atoms with van der Waals surface area (Å²) in [5.41, 5.74) is 2.40. The Balaban J connectivity index is 2.13. The monoisotopic (exact) mass is 260 g/mol. The predicted molar refractivity (Wildman–Crippen MR) is 74.4 cm³/mol. The fourth-order valence-corrected chi connectivity index (χ4v) is 1.92. The van der Waals surface area contributed by atoms with Crippen LogP contribution < -0.4 is 5.32 Å². The van der Waals surface area contributed by atoms with Crippen LogP contribution in [0.4, 0.5) is 0 Å². The topological polar surface area (TPSA) is 63.0 Å². The fraction of sp³-hybridized carbons (Fsp3) is 0.429. The molecule has 5 nitrogen and oxygen atoms in total. The first-order valence-electron chi connectivity index (χ1n) is 6.32. The number of rotatable bonds is 5. The van der Waals surface area contributed by atoms with Crippen molar-refractivity contribution in [3.63, 3.8) is 0 Å². The van der Waals surface area contributed by atoms with E-state index in [9.17, 15) is 5.11 Å². The van der Waals surface area contributed by atoms with Gasteiger partial charge in [0, 0.05) is 49.9 Å². The van der Waals surface area contributed by atoms with Crippen molar-refractivity contribution in [2.75, 3.05) is 6.54 Å². The molecule has 102 valence electrons. The molecule has 19 heavy (non-hydrogen) atoms. The van der Waals surface area contributed by atoms with Crippen LogP contribution in [0.15, 0.2) is 30.7 Å². The molecule has 5 heteroatoms. The molecule has 0 bridgehead atoms. The van der Waals surface area contributed by atoms with Crippen LogP contribution in [0.1, 0.15) is 19.4 Å². The second-order valence-electron chi connectivity index (χ2n) is 5.33. The molecule has 0 fully saturated rings. The Morgan fingerprint density at radius 2 is 2.00 bits per heavy atom. The van der Waals surface area contributed by atoms with Gasteiger partial charge in [0.05, 0.1) is 11.3 Å². The van der Waals surface area contributed by atoms with E-state index in [4.69, 9.17) is 0 Å². The molecule has 0 aliphatic rings. The van der Waals surface area contributed by atoms with Crippen molar-refractivity contribution in [1.29, 1.82) is 0 Å². The standard InChI is InChI=1S/C14H20N4O/c1-14(2,19)10-16-8-12-9-18(3)17-13(12)11-4-6-15-7-5-11/h4-7,9,16,19H,8,10H2,1-3H3. The Labute approximate surface area is 113 Å². The zero-order chi connectivity index (χ0) is 13.9. The second-order valence-corrected chi connectivity index (χ2v) is 5.33. The average molecular weight is 260 g/mol. The number of nitrogens with zero attached hydrogens (tertiary/aromatic N) is 3. The van der Waals surface area contributed by atoms with Crippen molar-refractivity contribution < 1.29 is 5.11 Å². The van der Waals surface area contributed by atoms with Gasteiger partial charge in [0.2, 0.25) is 0 Å². The van der Waals surface area contributed by atoms with Crippen LogP contribution in [0.2, 0.25) is 0 Å². The van der Waals surface area contributed by atoms with Crippen LogP contribution in [-0.4, -0.2) is 32.0 Å². The molecule has 0 radical (unpaired) electrons. The Kier molecular flexibility index (Phi) is 3.97. The summed E-state index contributed by atoms with van der Waals surface area (Å²) in [6.45, 7) is 4.78. The molecule has 2 heterocycles. The van der Waals surface area contributed by atoms with E-state index in [0.29, 0.717) is 13.1 Å². The lowest BCUT2D eigenvalue weighted by molar-refractivity contribution is 0.0795. The van der Waals surface area contributed by atoms with Gasteiger partial charge in [-0.1, -0.05) is 0 Å². The minimum Gasteiger partial charge on any atom is -0.389 e. The van der Waals surface area contributed by atoms with Crippen LogP contribution in [-0.2, 0) is 13.6 Å². The highest BCUT2D eigenvalue weighted by atomic mass is 16.3. The molecular formula is C14H20N4O. The summed E-state index contributed by atoms with van der Waals surface area (Å²) in [5, 5.41) is 17.4. The van der Waals surface area contributed by atoms with Gasteiger partial charge in [0.25, 0.3) is 0 Å². The molecule has 2 rings (SSSR count). The summed E-state index contributed by atoms with van der Waals surface area (Å²) in [6.07, 6.45) is 5.52. The highest BCUT2D eigenvalue weighted by Crippen LogP contribution is 2.20. The Morgan fingerprint density at radius 3 is 2.63 bits per heavy atom. The number of hydrogen-bond acceptors (Lipinski definition) is 4. The second kappa shape index (κ2) is 5.50. The highest BCUT2D eigenvalue weighted by molar-refractivity contribution is 5.61. The smallest absolute Gasteiger partial charge is 0.0969 e. The van der Waals surface area contributed by atoms with E-state index < -0.39 is 5.60 Å². The Morgan fingerprint density at radius 1 is 1.32 bits per heavy atom. The van der Waals surface area contributed by atoms with E-state index in [1.54, 1.807) is 30.9 Å². The molecule has 2 aromatic rings. The zero-order valence-corrected chi connectivity index (χ0v) is 11.6. The maximum absolute atomic E-state index is 9.70. The molecule has 0 unspecified atom stereocenters. The average Bonchev–Trinajstić information content (AvgIpc) is 2.70. The molecule has 0 aliphatic carbocycles. The van der Waals surface area contributed by atoms with Gasteiger partial charge in [-0.2, -0.15) is 5.10 Å². The first-order valence-corrected chi connectivity index (χ1v) is 6.32. The lowest BCUT2D eigenvalue weighted by Gasteiger charge is -2.17. The largest absolute Gasteiger partial charge is 0.389 e. The first kappa shape index (κ1) is 13.7. The third-order valence-corrected chi connectivity index (χ3v) is 2.73. The SMILES string of the molecule is Cn1cc(CNCC(C)(C)O)c(-c2ccncc2)n1. The zero-order valence-electron chi connectivity index (χ0n) is 11.6. The number of aromatic nitrogens is 3. The third kappa shape index (κ3) is 3.87. The maximum atomic E-state index is 9.70. The van der Waals surface area contributed by atoms with Crippen LogP contribution in [0.3, 0.4) is 0 Å². The lowest BCUT2D eigenvalue weighted by atomic mass is 10.1. The Bertz CT molecular complexity index is 528. The molecule has 0 amide bonds. The third-order valence-electron chi connectivity index (χ3n) is 2.73.